The highest BCUT2D eigenvalue weighted by atomic mass is 16.1. The summed E-state index contributed by atoms with van der Waals surface area (Å²) >= 11 is 0. The summed E-state index contributed by atoms with van der Waals surface area (Å²) in [7, 11) is 1.93. The van der Waals surface area contributed by atoms with Gasteiger partial charge in [-0.25, -0.2) is 9.13 Å². The van der Waals surface area contributed by atoms with Gasteiger partial charge in [0.15, 0.2) is 6.54 Å². The highest BCUT2D eigenvalue weighted by Gasteiger charge is 2.08. The van der Waals surface area contributed by atoms with Gasteiger partial charge in [-0.05, 0) is 30.5 Å². The molecule has 0 aliphatic rings. The number of aromatic nitrogens is 2. The molecular formula is C16H22N3O+. The number of aryl methyl sites for hydroxylation is 2. The van der Waals surface area contributed by atoms with Crippen LogP contribution in [0.1, 0.15) is 25.3 Å². The van der Waals surface area contributed by atoms with Crippen molar-refractivity contribution in [2.75, 3.05) is 5.32 Å². The Morgan fingerprint density at radius 1 is 1.30 bits per heavy atom. The van der Waals surface area contributed by atoms with Gasteiger partial charge in [0.2, 0.25) is 6.33 Å². The summed E-state index contributed by atoms with van der Waals surface area (Å²) in [4.78, 5) is 11.9. The highest BCUT2D eigenvalue weighted by Crippen LogP contribution is 2.11. The first-order chi connectivity index (χ1) is 9.67. The molecule has 0 radical (unpaired) electrons. The van der Waals surface area contributed by atoms with Crippen molar-refractivity contribution in [1.82, 2.24) is 4.57 Å². The Morgan fingerprint density at radius 3 is 2.65 bits per heavy atom. The Morgan fingerprint density at radius 2 is 2.05 bits per heavy atom. The number of rotatable bonds is 6. The summed E-state index contributed by atoms with van der Waals surface area (Å²) in [6.07, 6.45) is 9.18. The third-order valence-corrected chi connectivity index (χ3v) is 3.21. The van der Waals surface area contributed by atoms with Gasteiger partial charge in [0.1, 0.15) is 12.4 Å². The number of nitrogens with one attached hydrogen (secondary N) is 1. The number of amides is 1. The predicted octanol–water partition coefficient (Wildman–Crippen LogP) is 2.29. The quantitative estimate of drug-likeness (QED) is 0.805. The average molecular weight is 272 g/mol. The van der Waals surface area contributed by atoms with Crippen LogP contribution in [0.2, 0.25) is 0 Å². The minimum absolute atomic E-state index is 0.0116. The fourth-order valence-electron chi connectivity index (χ4n) is 2.10. The number of carbonyl (C=O) groups excluding carboxylic acids is 1. The zero-order chi connectivity index (χ0) is 14.4. The van der Waals surface area contributed by atoms with E-state index in [4.69, 9.17) is 0 Å². The molecule has 0 unspecified atom stereocenters. The second-order valence-electron chi connectivity index (χ2n) is 5.10. The van der Waals surface area contributed by atoms with Crippen molar-refractivity contribution in [2.24, 2.45) is 7.05 Å². The molecule has 1 N–H and O–H groups in total. The van der Waals surface area contributed by atoms with E-state index in [2.05, 4.69) is 24.4 Å². The van der Waals surface area contributed by atoms with Gasteiger partial charge in [-0.2, -0.15) is 0 Å². The first-order valence-electron chi connectivity index (χ1n) is 7.07. The molecule has 0 atom stereocenters. The monoisotopic (exact) mass is 272 g/mol. The highest BCUT2D eigenvalue weighted by molar-refractivity contribution is 5.90. The number of carbonyl (C=O) groups is 1. The molecule has 0 saturated carbocycles. The second kappa shape index (κ2) is 6.89. The molecule has 1 amide bonds. The number of anilines is 1. The Hall–Kier alpha value is -2.10. The molecule has 0 aliphatic heterocycles. The molecule has 4 nitrogen and oxygen atoms in total. The van der Waals surface area contributed by atoms with Gasteiger partial charge < -0.3 is 5.32 Å². The number of nitrogens with zero attached hydrogens (tertiary/aromatic N) is 2. The largest absolute Gasteiger partial charge is 0.323 e. The summed E-state index contributed by atoms with van der Waals surface area (Å²) < 4.78 is 3.76. The van der Waals surface area contributed by atoms with E-state index in [1.54, 1.807) is 0 Å². The number of benzene rings is 1. The third kappa shape index (κ3) is 4.23. The van der Waals surface area contributed by atoms with Crippen LogP contribution < -0.4 is 9.88 Å². The molecule has 0 fully saturated rings. The van der Waals surface area contributed by atoms with Gasteiger partial charge in [0.05, 0.1) is 7.05 Å². The lowest BCUT2D eigenvalue weighted by atomic mass is 10.1. The van der Waals surface area contributed by atoms with Crippen molar-refractivity contribution in [1.29, 1.82) is 0 Å². The lowest BCUT2D eigenvalue weighted by Gasteiger charge is -2.05. The lowest BCUT2D eigenvalue weighted by molar-refractivity contribution is -0.671. The van der Waals surface area contributed by atoms with Crippen molar-refractivity contribution in [3.63, 3.8) is 0 Å². The van der Waals surface area contributed by atoms with Gasteiger partial charge in [-0.15, -0.1) is 0 Å². The standard InChI is InChI=1S/C16H21N3O/c1-3-4-5-14-6-8-15(9-7-14)17-16(20)12-19-11-10-18(2)13-19/h6-11,13H,3-5,12H2,1-2H3/p+1. The Kier molecular flexibility index (Phi) is 4.93. The molecular weight excluding hydrogens is 250 g/mol. The predicted molar refractivity (Wildman–Crippen MR) is 79.3 cm³/mol. The summed E-state index contributed by atoms with van der Waals surface area (Å²) in [5, 5.41) is 2.91. The first-order valence-corrected chi connectivity index (χ1v) is 7.07. The van der Waals surface area contributed by atoms with Crippen LogP contribution in [0, 0.1) is 0 Å². The molecule has 0 spiro atoms. The summed E-state index contributed by atoms with van der Waals surface area (Å²) in [5.74, 6) is -0.0116. The molecule has 0 aliphatic carbocycles. The van der Waals surface area contributed by atoms with Crippen molar-refractivity contribution >= 4 is 11.6 Å². The van der Waals surface area contributed by atoms with Crippen LogP contribution in [0.15, 0.2) is 43.0 Å². The van der Waals surface area contributed by atoms with E-state index in [0.29, 0.717) is 6.54 Å². The molecule has 1 aromatic heterocycles. The van der Waals surface area contributed by atoms with E-state index >= 15 is 0 Å². The van der Waals surface area contributed by atoms with Crippen LogP contribution in [-0.2, 0) is 24.8 Å². The Bertz CT molecular complexity index is 557. The topological polar surface area (TPSA) is 37.9 Å². The van der Waals surface area contributed by atoms with E-state index in [-0.39, 0.29) is 5.91 Å². The van der Waals surface area contributed by atoms with E-state index in [1.165, 1.54) is 18.4 Å². The van der Waals surface area contributed by atoms with Crippen LogP contribution in [-0.4, -0.2) is 10.5 Å². The lowest BCUT2D eigenvalue weighted by Crippen LogP contribution is -2.25. The number of unbranched alkanes of at least 4 members (excludes halogenated alkanes) is 1. The molecule has 1 aromatic carbocycles. The van der Waals surface area contributed by atoms with Crippen molar-refractivity contribution in [2.45, 2.75) is 32.7 Å². The van der Waals surface area contributed by atoms with Gasteiger partial charge >= 0.3 is 0 Å². The summed E-state index contributed by atoms with van der Waals surface area (Å²) in [6.45, 7) is 2.52. The van der Waals surface area contributed by atoms with Gasteiger partial charge in [-0.3, -0.25) is 4.79 Å². The third-order valence-electron chi connectivity index (χ3n) is 3.21. The van der Waals surface area contributed by atoms with Crippen LogP contribution in [0.4, 0.5) is 5.69 Å². The van der Waals surface area contributed by atoms with Crippen LogP contribution in [0.25, 0.3) is 0 Å². The number of imidazole rings is 1. The maximum atomic E-state index is 11.9. The fourth-order valence-corrected chi connectivity index (χ4v) is 2.10. The Balaban J connectivity index is 1.87. The normalized spacial score (nSPS) is 10.5. The smallest absolute Gasteiger partial charge is 0.266 e. The van der Waals surface area contributed by atoms with E-state index in [0.717, 1.165) is 12.1 Å². The zero-order valence-electron chi connectivity index (χ0n) is 12.2. The molecule has 20 heavy (non-hydrogen) atoms. The maximum absolute atomic E-state index is 11.9. The van der Waals surface area contributed by atoms with Gasteiger partial charge in [-0.1, -0.05) is 25.5 Å². The fraction of sp³-hybridized carbons (Fsp3) is 0.375. The van der Waals surface area contributed by atoms with E-state index in [9.17, 15) is 4.79 Å². The van der Waals surface area contributed by atoms with Crippen LogP contribution in [0.5, 0.6) is 0 Å². The second-order valence-corrected chi connectivity index (χ2v) is 5.10. The van der Waals surface area contributed by atoms with E-state index in [1.807, 2.05) is 47.0 Å². The minimum Gasteiger partial charge on any atom is -0.323 e. The molecule has 2 aromatic rings. The first kappa shape index (κ1) is 14.3. The maximum Gasteiger partial charge on any atom is 0.266 e. The molecule has 1 heterocycles. The summed E-state index contributed by atoms with van der Waals surface area (Å²) in [6, 6.07) is 8.11. The number of hydrogen-bond donors (Lipinski definition) is 1. The molecule has 106 valence electrons. The Labute approximate surface area is 120 Å². The molecule has 2 rings (SSSR count). The average Bonchev–Trinajstić information content (AvgIpc) is 2.83. The van der Waals surface area contributed by atoms with Crippen molar-refractivity contribution in [3.8, 4) is 0 Å². The molecule has 0 bridgehead atoms. The van der Waals surface area contributed by atoms with Crippen molar-refractivity contribution in [3.05, 3.63) is 48.5 Å². The molecule has 4 heteroatoms. The van der Waals surface area contributed by atoms with Crippen LogP contribution >= 0.6 is 0 Å². The SMILES string of the molecule is CCCCc1ccc(NC(=O)Cn2cc[n+](C)c2)cc1. The molecule has 0 saturated heterocycles. The minimum atomic E-state index is -0.0116. The zero-order valence-corrected chi connectivity index (χ0v) is 12.2. The number of hydrogen-bond acceptors (Lipinski definition) is 1. The summed E-state index contributed by atoms with van der Waals surface area (Å²) in [5.41, 5.74) is 2.18. The van der Waals surface area contributed by atoms with Gasteiger partial charge in [0, 0.05) is 5.69 Å². The van der Waals surface area contributed by atoms with Crippen LogP contribution in [0.3, 0.4) is 0 Å². The van der Waals surface area contributed by atoms with E-state index < -0.39 is 0 Å². The van der Waals surface area contributed by atoms with Crippen molar-refractivity contribution < 1.29 is 9.36 Å². The van der Waals surface area contributed by atoms with Gasteiger partial charge in [0.25, 0.3) is 5.91 Å².